The largest absolute Gasteiger partial charge is 0.488 e. The van der Waals surface area contributed by atoms with Gasteiger partial charge in [-0.2, -0.15) is 4.98 Å². The summed E-state index contributed by atoms with van der Waals surface area (Å²) >= 11 is 0. The number of pyridine rings is 1. The summed E-state index contributed by atoms with van der Waals surface area (Å²) in [4.78, 5) is 23.1. The fourth-order valence-corrected chi connectivity index (χ4v) is 3.72. The minimum Gasteiger partial charge on any atom is -0.488 e. The van der Waals surface area contributed by atoms with E-state index in [1.54, 1.807) is 24.5 Å². The summed E-state index contributed by atoms with van der Waals surface area (Å²) in [5.74, 6) is 0.578. The Kier molecular flexibility index (Phi) is 5.43. The van der Waals surface area contributed by atoms with Crippen LogP contribution in [-0.2, 0) is 11.3 Å². The lowest BCUT2D eigenvalue weighted by molar-refractivity contribution is 0.120. The second kappa shape index (κ2) is 8.68. The number of fused-ring (bicyclic) bond motifs is 1. The Hall–Kier alpha value is -3.91. The number of hydrogen-bond acceptors (Lipinski definition) is 8. The summed E-state index contributed by atoms with van der Waals surface area (Å²) in [6.07, 6.45) is 3.47. The Bertz CT molecular complexity index is 1300. The molecule has 1 aliphatic heterocycles. The van der Waals surface area contributed by atoms with Crippen molar-refractivity contribution in [3.05, 3.63) is 76.8 Å². The molecule has 8 nitrogen and oxygen atoms in total. The Morgan fingerprint density at radius 2 is 1.97 bits per heavy atom. The molecule has 0 aliphatic carbocycles. The zero-order valence-electron chi connectivity index (χ0n) is 17.4. The molecule has 32 heavy (non-hydrogen) atoms. The van der Waals surface area contributed by atoms with Crippen LogP contribution in [0.25, 0.3) is 22.1 Å². The van der Waals surface area contributed by atoms with Crippen LogP contribution in [0.5, 0.6) is 5.75 Å². The summed E-state index contributed by atoms with van der Waals surface area (Å²) in [6.45, 7) is 2.64. The highest BCUT2D eigenvalue weighted by Crippen LogP contribution is 2.38. The predicted molar refractivity (Wildman–Crippen MR) is 122 cm³/mol. The molecule has 162 valence electrons. The van der Waals surface area contributed by atoms with Crippen molar-refractivity contribution in [2.75, 3.05) is 36.9 Å². The monoisotopic (exact) mass is 430 g/mol. The predicted octanol–water partition coefficient (Wildman–Crippen LogP) is 3.25. The standard InChI is InChI=1S/C24H22N4O4/c25-18-5-1-4-17(13-18)21-20(31-15-16-3-2-8-26-14-16)7-6-19-22(21)32-24(27-23(19)29)28-9-11-30-12-10-28/h1-8,13-14H,9-12,15,25H2. The van der Waals surface area contributed by atoms with Crippen LogP contribution in [0.3, 0.4) is 0 Å². The number of benzene rings is 2. The molecule has 2 N–H and O–H groups in total. The van der Waals surface area contributed by atoms with Crippen molar-refractivity contribution in [2.45, 2.75) is 6.61 Å². The maximum atomic E-state index is 12.9. The van der Waals surface area contributed by atoms with E-state index < -0.39 is 0 Å². The van der Waals surface area contributed by atoms with Gasteiger partial charge in [-0.3, -0.25) is 9.78 Å². The number of anilines is 2. The topological polar surface area (TPSA) is 104 Å². The molecule has 4 aromatic rings. The lowest BCUT2D eigenvalue weighted by Crippen LogP contribution is -2.37. The maximum absolute atomic E-state index is 12.9. The number of nitrogens with two attached hydrogens (primary N) is 1. The summed E-state index contributed by atoms with van der Waals surface area (Å²) in [5.41, 5.74) is 9.10. The quantitative estimate of drug-likeness (QED) is 0.481. The summed E-state index contributed by atoms with van der Waals surface area (Å²) in [7, 11) is 0. The lowest BCUT2D eigenvalue weighted by atomic mass is 10.0. The molecule has 8 heteroatoms. The van der Waals surface area contributed by atoms with Gasteiger partial charge >= 0.3 is 6.01 Å². The van der Waals surface area contributed by atoms with E-state index in [9.17, 15) is 4.79 Å². The molecule has 0 unspecified atom stereocenters. The maximum Gasteiger partial charge on any atom is 0.301 e. The third-order valence-electron chi connectivity index (χ3n) is 5.31. The molecule has 0 saturated carbocycles. The van der Waals surface area contributed by atoms with Crippen LogP contribution >= 0.6 is 0 Å². The Labute approximate surface area is 184 Å². The van der Waals surface area contributed by atoms with Gasteiger partial charge in [-0.1, -0.05) is 18.2 Å². The van der Waals surface area contributed by atoms with Crippen molar-refractivity contribution in [3.8, 4) is 16.9 Å². The van der Waals surface area contributed by atoms with E-state index in [4.69, 9.17) is 19.6 Å². The SMILES string of the molecule is Nc1cccc(-c2c(OCc3cccnc3)ccc3c(=O)nc(N4CCOCC4)oc23)c1. The number of nitrogen functional groups attached to an aromatic ring is 1. The zero-order chi connectivity index (χ0) is 21.9. The van der Waals surface area contributed by atoms with Crippen LogP contribution in [0.15, 0.2) is 70.1 Å². The van der Waals surface area contributed by atoms with Crippen molar-refractivity contribution in [1.82, 2.24) is 9.97 Å². The molecule has 0 spiro atoms. The van der Waals surface area contributed by atoms with Gasteiger partial charge in [-0.05, 0) is 35.9 Å². The molecule has 1 aliphatic rings. The first kappa shape index (κ1) is 20.0. The number of morpholine rings is 1. The molecule has 2 aromatic carbocycles. The van der Waals surface area contributed by atoms with E-state index in [0.717, 1.165) is 11.1 Å². The highest BCUT2D eigenvalue weighted by atomic mass is 16.5. The van der Waals surface area contributed by atoms with Crippen LogP contribution in [-0.4, -0.2) is 36.3 Å². The van der Waals surface area contributed by atoms with Crippen LogP contribution in [0.4, 0.5) is 11.7 Å². The summed E-state index contributed by atoms with van der Waals surface area (Å²) in [5, 5.41) is 0.383. The van der Waals surface area contributed by atoms with Crippen molar-refractivity contribution in [2.24, 2.45) is 0 Å². The number of rotatable bonds is 5. The molecular weight excluding hydrogens is 408 g/mol. The van der Waals surface area contributed by atoms with Gasteiger partial charge in [0.2, 0.25) is 0 Å². The third-order valence-corrected chi connectivity index (χ3v) is 5.31. The van der Waals surface area contributed by atoms with E-state index in [1.807, 2.05) is 41.3 Å². The first-order chi connectivity index (χ1) is 15.7. The molecule has 0 bridgehead atoms. The van der Waals surface area contributed by atoms with Gasteiger partial charge in [0, 0.05) is 36.7 Å². The van der Waals surface area contributed by atoms with Gasteiger partial charge < -0.3 is 24.5 Å². The molecule has 2 aromatic heterocycles. The molecule has 0 amide bonds. The van der Waals surface area contributed by atoms with Crippen molar-refractivity contribution in [1.29, 1.82) is 0 Å². The van der Waals surface area contributed by atoms with E-state index in [-0.39, 0.29) is 11.6 Å². The summed E-state index contributed by atoms with van der Waals surface area (Å²) < 4.78 is 17.8. The fraction of sp³-hybridized carbons (Fsp3) is 0.208. The molecule has 0 radical (unpaired) electrons. The van der Waals surface area contributed by atoms with Crippen LogP contribution in [0, 0.1) is 0 Å². The molecule has 5 rings (SSSR count). The number of hydrogen-bond donors (Lipinski definition) is 1. The van der Waals surface area contributed by atoms with Crippen molar-refractivity contribution < 1.29 is 13.9 Å². The Morgan fingerprint density at radius 3 is 2.75 bits per heavy atom. The van der Waals surface area contributed by atoms with Gasteiger partial charge in [0.15, 0.2) is 5.58 Å². The highest BCUT2D eigenvalue weighted by molar-refractivity contribution is 5.96. The number of nitrogens with zero attached hydrogens (tertiary/aromatic N) is 3. The lowest BCUT2D eigenvalue weighted by Gasteiger charge is -2.26. The zero-order valence-corrected chi connectivity index (χ0v) is 17.4. The van der Waals surface area contributed by atoms with Crippen LogP contribution in [0.2, 0.25) is 0 Å². The first-order valence-corrected chi connectivity index (χ1v) is 10.4. The van der Waals surface area contributed by atoms with Gasteiger partial charge in [0.25, 0.3) is 5.56 Å². The van der Waals surface area contributed by atoms with E-state index >= 15 is 0 Å². The van der Waals surface area contributed by atoms with Crippen LogP contribution < -0.4 is 20.9 Å². The number of ether oxygens (including phenoxy) is 2. The van der Waals surface area contributed by atoms with Crippen molar-refractivity contribution in [3.63, 3.8) is 0 Å². The minimum atomic E-state index is -0.350. The third kappa shape index (κ3) is 4.00. The summed E-state index contributed by atoms with van der Waals surface area (Å²) in [6, 6.07) is 14.9. The van der Waals surface area contributed by atoms with Gasteiger partial charge in [-0.25, -0.2) is 0 Å². The normalized spacial score (nSPS) is 13.9. The molecular formula is C24H22N4O4. The van der Waals surface area contributed by atoms with Gasteiger partial charge in [0.1, 0.15) is 12.4 Å². The van der Waals surface area contributed by atoms with E-state index in [0.29, 0.717) is 60.9 Å². The smallest absolute Gasteiger partial charge is 0.301 e. The van der Waals surface area contributed by atoms with E-state index in [1.165, 1.54) is 0 Å². The minimum absolute atomic E-state index is 0.278. The highest BCUT2D eigenvalue weighted by Gasteiger charge is 2.21. The molecule has 1 fully saturated rings. The molecule has 0 atom stereocenters. The first-order valence-electron chi connectivity index (χ1n) is 10.4. The second-order valence-corrected chi connectivity index (χ2v) is 7.49. The van der Waals surface area contributed by atoms with Crippen molar-refractivity contribution >= 4 is 22.7 Å². The Morgan fingerprint density at radius 1 is 1.09 bits per heavy atom. The van der Waals surface area contributed by atoms with Gasteiger partial charge in [-0.15, -0.1) is 0 Å². The van der Waals surface area contributed by atoms with E-state index in [2.05, 4.69) is 9.97 Å². The average molecular weight is 430 g/mol. The Balaban J connectivity index is 1.66. The van der Waals surface area contributed by atoms with Gasteiger partial charge in [0.05, 0.1) is 24.2 Å². The molecule has 1 saturated heterocycles. The average Bonchev–Trinajstić information content (AvgIpc) is 2.83. The second-order valence-electron chi connectivity index (χ2n) is 7.49. The number of aromatic nitrogens is 2. The van der Waals surface area contributed by atoms with Crippen LogP contribution in [0.1, 0.15) is 5.56 Å². The fourth-order valence-electron chi connectivity index (χ4n) is 3.72. The molecule has 3 heterocycles.